The highest BCUT2D eigenvalue weighted by atomic mass is 35.5. The summed E-state index contributed by atoms with van der Waals surface area (Å²) in [4.78, 5) is 14.5. The second kappa shape index (κ2) is 9.72. The highest BCUT2D eigenvalue weighted by Crippen LogP contribution is 2.20. The summed E-state index contributed by atoms with van der Waals surface area (Å²) in [5.74, 6) is 0.844. The Labute approximate surface area is 153 Å². The second-order valence-electron chi connectivity index (χ2n) is 6.03. The fraction of sp³-hybridized carbons (Fsp3) is 0.316. The van der Waals surface area contributed by atoms with Crippen molar-refractivity contribution >= 4 is 29.3 Å². The van der Waals surface area contributed by atoms with Crippen molar-refractivity contribution in [3.8, 4) is 0 Å². The molecule has 0 spiro atoms. The van der Waals surface area contributed by atoms with E-state index in [0.29, 0.717) is 13.0 Å². The summed E-state index contributed by atoms with van der Waals surface area (Å²) in [6.07, 6.45) is 0.509. The lowest BCUT2D eigenvalue weighted by Crippen LogP contribution is -3.04. The number of benzene rings is 2. The molecule has 0 unspecified atom stereocenters. The maximum atomic E-state index is 11.9. The van der Waals surface area contributed by atoms with Crippen molar-refractivity contribution in [2.45, 2.75) is 24.4 Å². The molecule has 5 heteroatoms. The van der Waals surface area contributed by atoms with Gasteiger partial charge in [0.25, 0.3) is 0 Å². The first kappa shape index (κ1) is 18.8. The number of hydrogen-bond acceptors (Lipinski definition) is 2. The first-order valence-corrected chi connectivity index (χ1v) is 9.41. The lowest BCUT2D eigenvalue weighted by Gasteiger charge is -2.09. The summed E-state index contributed by atoms with van der Waals surface area (Å²) in [5.41, 5.74) is 2.44. The smallest absolute Gasteiger partial charge is 0.221 e. The zero-order valence-corrected chi connectivity index (χ0v) is 15.7. The third-order valence-corrected chi connectivity index (χ3v) is 4.75. The minimum atomic E-state index is 0.0817. The zero-order chi connectivity index (χ0) is 17.4. The van der Waals surface area contributed by atoms with Crippen LogP contribution in [-0.2, 0) is 17.9 Å². The first-order chi connectivity index (χ1) is 11.5. The van der Waals surface area contributed by atoms with Gasteiger partial charge in [-0.25, -0.2) is 0 Å². The van der Waals surface area contributed by atoms with Gasteiger partial charge in [-0.15, -0.1) is 11.8 Å². The zero-order valence-electron chi connectivity index (χ0n) is 14.1. The molecule has 24 heavy (non-hydrogen) atoms. The van der Waals surface area contributed by atoms with Crippen LogP contribution in [-0.4, -0.2) is 25.8 Å². The maximum absolute atomic E-state index is 11.9. The lowest BCUT2D eigenvalue weighted by molar-refractivity contribution is -0.872. The SMILES string of the molecule is C[NH+](C)Cc1ccc(CNC(=O)CCSc2ccc(Cl)cc2)cc1. The van der Waals surface area contributed by atoms with Gasteiger partial charge in [-0.2, -0.15) is 0 Å². The average molecular weight is 364 g/mol. The average Bonchev–Trinajstić information content (AvgIpc) is 2.55. The number of thioether (sulfide) groups is 1. The normalized spacial score (nSPS) is 10.8. The molecule has 2 N–H and O–H groups in total. The lowest BCUT2D eigenvalue weighted by atomic mass is 10.1. The number of halogens is 1. The van der Waals surface area contributed by atoms with Crippen LogP contribution in [0.4, 0.5) is 0 Å². The molecule has 0 aromatic heterocycles. The molecule has 0 heterocycles. The van der Waals surface area contributed by atoms with Crippen LogP contribution < -0.4 is 10.2 Å². The Kier molecular flexibility index (Phi) is 7.63. The Bertz CT molecular complexity index is 641. The molecule has 0 fully saturated rings. The molecular formula is C19H24ClN2OS+. The van der Waals surface area contributed by atoms with Crippen molar-refractivity contribution in [2.24, 2.45) is 0 Å². The van der Waals surface area contributed by atoms with Crippen LogP contribution in [0.1, 0.15) is 17.5 Å². The molecule has 128 valence electrons. The Morgan fingerprint density at radius 2 is 1.67 bits per heavy atom. The standard InChI is InChI=1S/C19H23ClN2OS/c1-22(2)14-16-5-3-15(4-6-16)13-21-19(23)11-12-24-18-9-7-17(20)8-10-18/h3-10H,11-14H2,1-2H3,(H,21,23)/p+1. The van der Waals surface area contributed by atoms with E-state index in [1.807, 2.05) is 24.3 Å². The van der Waals surface area contributed by atoms with E-state index in [9.17, 15) is 4.79 Å². The Balaban J connectivity index is 1.68. The highest BCUT2D eigenvalue weighted by Gasteiger charge is 2.03. The van der Waals surface area contributed by atoms with Crippen LogP contribution in [0, 0.1) is 0 Å². The minimum Gasteiger partial charge on any atom is -0.352 e. The summed E-state index contributed by atoms with van der Waals surface area (Å²) in [6.45, 7) is 1.59. The molecule has 2 rings (SSSR count). The van der Waals surface area contributed by atoms with Gasteiger partial charge in [-0.1, -0.05) is 35.9 Å². The predicted molar refractivity (Wildman–Crippen MR) is 102 cm³/mol. The van der Waals surface area contributed by atoms with Crippen molar-refractivity contribution in [1.82, 2.24) is 5.32 Å². The Hall–Kier alpha value is -1.49. The van der Waals surface area contributed by atoms with Gasteiger partial charge in [0.15, 0.2) is 0 Å². The van der Waals surface area contributed by atoms with Gasteiger partial charge < -0.3 is 10.2 Å². The third kappa shape index (κ3) is 6.95. The van der Waals surface area contributed by atoms with Gasteiger partial charge in [-0.3, -0.25) is 4.79 Å². The van der Waals surface area contributed by atoms with E-state index in [4.69, 9.17) is 11.6 Å². The van der Waals surface area contributed by atoms with E-state index in [-0.39, 0.29) is 5.91 Å². The first-order valence-electron chi connectivity index (χ1n) is 8.05. The molecule has 0 radical (unpaired) electrons. The molecule has 0 aliphatic rings. The number of nitrogens with one attached hydrogen (secondary N) is 2. The largest absolute Gasteiger partial charge is 0.352 e. The predicted octanol–water partition coefficient (Wildman–Crippen LogP) is 2.78. The van der Waals surface area contributed by atoms with Gasteiger partial charge in [0.2, 0.25) is 5.91 Å². The molecule has 1 amide bonds. The van der Waals surface area contributed by atoms with E-state index < -0.39 is 0 Å². The van der Waals surface area contributed by atoms with E-state index in [2.05, 4.69) is 43.7 Å². The molecule has 3 nitrogen and oxygen atoms in total. The van der Waals surface area contributed by atoms with Crippen molar-refractivity contribution in [2.75, 3.05) is 19.8 Å². The minimum absolute atomic E-state index is 0.0817. The van der Waals surface area contributed by atoms with Gasteiger partial charge in [0.05, 0.1) is 14.1 Å². The highest BCUT2D eigenvalue weighted by molar-refractivity contribution is 7.99. The number of carbonyl (C=O) groups is 1. The molecule has 2 aromatic carbocycles. The number of amides is 1. The van der Waals surface area contributed by atoms with E-state index in [0.717, 1.165) is 27.8 Å². The maximum Gasteiger partial charge on any atom is 0.221 e. The van der Waals surface area contributed by atoms with Crippen LogP contribution in [0.5, 0.6) is 0 Å². The summed E-state index contributed by atoms with van der Waals surface area (Å²) in [5, 5.41) is 3.71. The molecule has 0 bridgehead atoms. The molecule has 0 aliphatic carbocycles. The summed E-state index contributed by atoms with van der Waals surface area (Å²) in [6, 6.07) is 16.1. The Morgan fingerprint density at radius 1 is 1.04 bits per heavy atom. The number of carbonyl (C=O) groups excluding carboxylic acids is 1. The van der Waals surface area contributed by atoms with Gasteiger partial charge in [-0.05, 0) is 29.8 Å². The monoisotopic (exact) mass is 363 g/mol. The number of rotatable bonds is 8. The fourth-order valence-electron chi connectivity index (χ4n) is 2.26. The molecule has 0 atom stereocenters. The number of quaternary nitrogens is 1. The topological polar surface area (TPSA) is 33.5 Å². The quantitative estimate of drug-likeness (QED) is 0.707. The van der Waals surface area contributed by atoms with Crippen LogP contribution in [0.2, 0.25) is 5.02 Å². The van der Waals surface area contributed by atoms with Crippen molar-refractivity contribution in [3.05, 3.63) is 64.7 Å². The summed E-state index contributed by atoms with van der Waals surface area (Å²) in [7, 11) is 4.27. The van der Waals surface area contributed by atoms with Gasteiger partial charge in [0, 0.05) is 34.2 Å². The van der Waals surface area contributed by atoms with Gasteiger partial charge >= 0.3 is 0 Å². The Morgan fingerprint density at radius 3 is 2.29 bits per heavy atom. The van der Waals surface area contributed by atoms with E-state index >= 15 is 0 Å². The molecular weight excluding hydrogens is 340 g/mol. The van der Waals surface area contributed by atoms with Crippen molar-refractivity contribution in [3.63, 3.8) is 0 Å². The van der Waals surface area contributed by atoms with E-state index in [1.54, 1.807) is 11.8 Å². The van der Waals surface area contributed by atoms with Crippen molar-refractivity contribution in [1.29, 1.82) is 0 Å². The molecule has 0 aliphatic heterocycles. The van der Waals surface area contributed by atoms with Crippen LogP contribution in [0.25, 0.3) is 0 Å². The summed E-state index contributed by atoms with van der Waals surface area (Å²) < 4.78 is 0. The molecule has 0 saturated carbocycles. The molecule has 0 saturated heterocycles. The van der Waals surface area contributed by atoms with Crippen molar-refractivity contribution < 1.29 is 9.69 Å². The van der Waals surface area contributed by atoms with Crippen LogP contribution >= 0.6 is 23.4 Å². The van der Waals surface area contributed by atoms with Crippen LogP contribution in [0.15, 0.2) is 53.4 Å². The third-order valence-electron chi connectivity index (χ3n) is 3.48. The molecule has 2 aromatic rings. The van der Waals surface area contributed by atoms with Crippen LogP contribution in [0.3, 0.4) is 0 Å². The van der Waals surface area contributed by atoms with Gasteiger partial charge in [0.1, 0.15) is 6.54 Å². The number of hydrogen-bond donors (Lipinski definition) is 2. The van der Waals surface area contributed by atoms with E-state index in [1.165, 1.54) is 10.5 Å². The summed E-state index contributed by atoms with van der Waals surface area (Å²) >= 11 is 7.52. The fourth-order valence-corrected chi connectivity index (χ4v) is 3.24. The second-order valence-corrected chi connectivity index (χ2v) is 7.63.